The number of rotatable bonds is 7. The zero-order valence-electron chi connectivity index (χ0n) is 13.7. The van der Waals surface area contributed by atoms with Crippen LogP contribution < -0.4 is 10.6 Å². The Morgan fingerprint density at radius 2 is 1.96 bits per heavy atom. The minimum atomic E-state index is -0.137. The van der Waals surface area contributed by atoms with Crippen molar-refractivity contribution in [3.8, 4) is 0 Å². The van der Waals surface area contributed by atoms with Gasteiger partial charge in [-0.3, -0.25) is 4.79 Å². The summed E-state index contributed by atoms with van der Waals surface area (Å²) in [6, 6.07) is 8.24. The minimum Gasteiger partial charge on any atom is -0.361 e. The standard InChI is InChI=1S/C18H21N5O/c1-2-8-19-17(24)14-11-22-18(23-12-14)20-9-7-13-10-21-16-6-4-3-5-15(13)16/h3-6,10-12,21H,2,7-9H2,1H3,(H,19,24)(H,20,22,23). The Kier molecular flexibility index (Phi) is 5.05. The molecule has 124 valence electrons. The molecule has 3 N–H and O–H groups in total. The number of amides is 1. The number of benzene rings is 1. The number of nitrogens with zero attached hydrogens (tertiary/aromatic N) is 2. The molecule has 2 aromatic heterocycles. The van der Waals surface area contributed by atoms with Crippen molar-refractivity contribution in [1.29, 1.82) is 0 Å². The first-order valence-corrected chi connectivity index (χ1v) is 8.17. The van der Waals surface area contributed by atoms with Crippen molar-refractivity contribution >= 4 is 22.8 Å². The molecule has 0 unspecified atom stereocenters. The first kappa shape index (κ1) is 16.0. The maximum Gasteiger partial charge on any atom is 0.254 e. The highest BCUT2D eigenvalue weighted by atomic mass is 16.1. The van der Waals surface area contributed by atoms with E-state index in [1.807, 2.05) is 25.3 Å². The van der Waals surface area contributed by atoms with Crippen LogP contribution in [0.4, 0.5) is 5.95 Å². The van der Waals surface area contributed by atoms with Gasteiger partial charge in [0.2, 0.25) is 5.95 Å². The third-order valence-corrected chi connectivity index (χ3v) is 3.80. The number of carbonyl (C=O) groups excluding carboxylic acids is 1. The lowest BCUT2D eigenvalue weighted by Gasteiger charge is -2.06. The molecule has 0 saturated heterocycles. The van der Waals surface area contributed by atoms with Gasteiger partial charge in [0, 0.05) is 42.6 Å². The SMILES string of the molecule is CCCNC(=O)c1cnc(NCCc2c[nH]c3ccccc23)nc1. The van der Waals surface area contributed by atoms with Crippen LogP contribution in [0.5, 0.6) is 0 Å². The first-order chi connectivity index (χ1) is 11.8. The number of para-hydroxylation sites is 1. The van der Waals surface area contributed by atoms with Crippen LogP contribution >= 0.6 is 0 Å². The van der Waals surface area contributed by atoms with Crippen LogP contribution in [-0.4, -0.2) is 33.9 Å². The van der Waals surface area contributed by atoms with E-state index in [0.717, 1.165) is 24.9 Å². The molecule has 3 rings (SSSR count). The molecule has 2 heterocycles. The van der Waals surface area contributed by atoms with Crippen LogP contribution in [0, 0.1) is 0 Å². The van der Waals surface area contributed by atoms with Crippen LogP contribution in [0.15, 0.2) is 42.9 Å². The summed E-state index contributed by atoms with van der Waals surface area (Å²) in [6.45, 7) is 3.39. The number of anilines is 1. The van der Waals surface area contributed by atoms with Crippen LogP contribution in [0.1, 0.15) is 29.3 Å². The average molecular weight is 323 g/mol. The lowest BCUT2D eigenvalue weighted by atomic mass is 10.1. The highest BCUT2D eigenvalue weighted by Crippen LogP contribution is 2.17. The quantitative estimate of drug-likeness (QED) is 0.624. The van der Waals surface area contributed by atoms with E-state index in [4.69, 9.17) is 0 Å². The molecule has 0 aliphatic carbocycles. The zero-order valence-corrected chi connectivity index (χ0v) is 13.7. The van der Waals surface area contributed by atoms with Gasteiger partial charge in [-0.05, 0) is 24.5 Å². The molecular weight excluding hydrogens is 302 g/mol. The Bertz CT molecular complexity index is 810. The van der Waals surface area contributed by atoms with E-state index in [1.165, 1.54) is 10.9 Å². The van der Waals surface area contributed by atoms with E-state index in [9.17, 15) is 4.79 Å². The van der Waals surface area contributed by atoms with Crippen LogP contribution in [0.2, 0.25) is 0 Å². The summed E-state index contributed by atoms with van der Waals surface area (Å²) in [5, 5.41) is 7.23. The van der Waals surface area contributed by atoms with Gasteiger partial charge in [0.1, 0.15) is 0 Å². The number of aromatic amines is 1. The highest BCUT2D eigenvalue weighted by molar-refractivity contribution is 5.93. The van der Waals surface area contributed by atoms with E-state index in [0.29, 0.717) is 18.1 Å². The molecule has 0 fully saturated rings. The lowest BCUT2D eigenvalue weighted by molar-refractivity contribution is 0.0953. The Morgan fingerprint density at radius 1 is 1.17 bits per heavy atom. The summed E-state index contributed by atoms with van der Waals surface area (Å²) < 4.78 is 0. The van der Waals surface area contributed by atoms with Gasteiger partial charge in [0.25, 0.3) is 5.91 Å². The molecule has 0 spiro atoms. The number of aromatic nitrogens is 3. The van der Waals surface area contributed by atoms with Crippen molar-refractivity contribution in [2.45, 2.75) is 19.8 Å². The summed E-state index contributed by atoms with van der Waals surface area (Å²) in [5.74, 6) is 0.393. The van der Waals surface area contributed by atoms with E-state index in [-0.39, 0.29) is 5.91 Å². The largest absolute Gasteiger partial charge is 0.361 e. The van der Waals surface area contributed by atoms with Gasteiger partial charge < -0.3 is 15.6 Å². The Morgan fingerprint density at radius 3 is 2.75 bits per heavy atom. The van der Waals surface area contributed by atoms with E-state index >= 15 is 0 Å². The predicted molar refractivity (Wildman–Crippen MR) is 95.1 cm³/mol. The summed E-state index contributed by atoms with van der Waals surface area (Å²) in [7, 11) is 0. The molecule has 24 heavy (non-hydrogen) atoms. The molecule has 1 amide bonds. The number of hydrogen-bond acceptors (Lipinski definition) is 4. The van der Waals surface area contributed by atoms with Crippen molar-refractivity contribution < 1.29 is 4.79 Å². The summed E-state index contributed by atoms with van der Waals surface area (Å²) in [4.78, 5) is 23.5. The second-order valence-electron chi connectivity index (χ2n) is 5.59. The molecule has 6 nitrogen and oxygen atoms in total. The molecule has 0 aliphatic heterocycles. The number of fused-ring (bicyclic) bond motifs is 1. The second-order valence-corrected chi connectivity index (χ2v) is 5.59. The summed E-state index contributed by atoms with van der Waals surface area (Å²) in [5.41, 5.74) is 2.88. The Balaban J connectivity index is 1.54. The fourth-order valence-corrected chi connectivity index (χ4v) is 2.52. The van der Waals surface area contributed by atoms with Gasteiger partial charge in [-0.2, -0.15) is 0 Å². The molecule has 0 bridgehead atoms. The van der Waals surface area contributed by atoms with E-state index in [2.05, 4.69) is 37.7 Å². The Hall–Kier alpha value is -2.89. The van der Waals surface area contributed by atoms with E-state index < -0.39 is 0 Å². The molecule has 6 heteroatoms. The van der Waals surface area contributed by atoms with Crippen molar-refractivity contribution in [3.63, 3.8) is 0 Å². The normalized spacial score (nSPS) is 10.7. The van der Waals surface area contributed by atoms with Gasteiger partial charge in [0.15, 0.2) is 0 Å². The monoisotopic (exact) mass is 323 g/mol. The summed E-state index contributed by atoms with van der Waals surface area (Å²) in [6.07, 6.45) is 6.90. The minimum absolute atomic E-state index is 0.137. The van der Waals surface area contributed by atoms with Gasteiger partial charge in [0.05, 0.1) is 5.56 Å². The molecule has 0 radical (unpaired) electrons. The van der Waals surface area contributed by atoms with Crippen molar-refractivity contribution in [1.82, 2.24) is 20.3 Å². The molecule has 0 saturated carbocycles. The number of carbonyl (C=O) groups is 1. The van der Waals surface area contributed by atoms with Crippen LogP contribution in [0.3, 0.4) is 0 Å². The summed E-state index contributed by atoms with van der Waals surface area (Å²) >= 11 is 0. The Labute approximate surface area is 140 Å². The van der Waals surface area contributed by atoms with Gasteiger partial charge in [-0.1, -0.05) is 25.1 Å². The van der Waals surface area contributed by atoms with Crippen molar-refractivity contribution in [2.75, 3.05) is 18.4 Å². The molecule has 0 aliphatic rings. The van der Waals surface area contributed by atoms with Crippen LogP contribution in [0.25, 0.3) is 10.9 Å². The van der Waals surface area contributed by atoms with Gasteiger partial charge in [-0.15, -0.1) is 0 Å². The predicted octanol–water partition coefficient (Wildman–Crippen LogP) is 2.75. The molecule has 0 atom stereocenters. The molecule has 1 aromatic carbocycles. The fourth-order valence-electron chi connectivity index (χ4n) is 2.52. The van der Waals surface area contributed by atoms with Gasteiger partial charge >= 0.3 is 0 Å². The first-order valence-electron chi connectivity index (χ1n) is 8.17. The maximum absolute atomic E-state index is 11.8. The van der Waals surface area contributed by atoms with Crippen molar-refractivity contribution in [2.24, 2.45) is 0 Å². The third-order valence-electron chi connectivity index (χ3n) is 3.80. The zero-order chi connectivity index (χ0) is 16.8. The fraction of sp³-hybridized carbons (Fsp3) is 0.278. The van der Waals surface area contributed by atoms with Crippen molar-refractivity contribution in [3.05, 3.63) is 54.0 Å². The highest BCUT2D eigenvalue weighted by Gasteiger charge is 2.06. The van der Waals surface area contributed by atoms with Gasteiger partial charge in [-0.25, -0.2) is 9.97 Å². The average Bonchev–Trinajstić information content (AvgIpc) is 3.03. The number of hydrogen-bond donors (Lipinski definition) is 3. The molecular formula is C18H21N5O. The number of nitrogens with one attached hydrogen (secondary N) is 3. The third kappa shape index (κ3) is 3.71. The molecule has 3 aromatic rings. The topological polar surface area (TPSA) is 82.7 Å². The smallest absolute Gasteiger partial charge is 0.254 e. The number of H-pyrrole nitrogens is 1. The second kappa shape index (κ2) is 7.59. The maximum atomic E-state index is 11.8. The van der Waals surface area contributed by atoms with E-state index in [1.54, 1.807) is 12.4 Å². The lowest BCUT2D eigenvalue weighted by Crippen LogP contribution is -2.24. The van der Waals surface area contributed by atoms with Crippen LogP contribution in [-0.2, 0) is 6.42 Å².